The highest BCUT2D eigenvalue weighted by atomic mass is 79.9. The van der Waals surface area contributed by atoms with Gasteiger partial charge in [0.1, 0.15) is 11.6 Å². The summed E-state index contributed by atoms with van der Waals surface area (Å²) >= 11 is 9.42. The molecule has 212 valence electrons. The lowest BCUT2D eigenvalue weighted by Gasteiger charge is -2.49. The summed E-state index contributed by atoms with van der Waals surface area (Å²) in [5.74, 6) is -7.67. The van der Waals surface area contributed by atoms with E-state index in [-0.39, 0.29) is 29.3 Å². The van der Waals surface area contributed by atoms with E-state index >= 15 is 0 Å². The Labute approximate surface area is 247 Å². The second-order valence-electron chi connectivity index (χ2n) is 10.9. The third-order valence-electron chi connectivity index (χ3n) is 9.09. The number of aromatic hydroxyl groups is 1. The summed E-state index contributed by atoms with van der Waals surface area (Å²) in [6.45, 7) is 1.65. The molecule has 2 aliphatic carbocycles. The van der Waals surface area contributed by atoms with Gasteiger partial charge in [0.2, 0.25) is 23.6 Å². The number of imide groups is 4. The summed E-state index contributed by atoms with van der Waals surface area (Å²) in [5.41, 5.74) is -0.327. The lowest BCUT2D eigenvalue weighted by Crippen LogP contribution is -2.49. The molecular weight excluding hydrogens is 623 g/mol. The Bertz CT molecular complexity index is 1610. The Morgan fingerprint density at radius 2 is 1.83 bits per heavy atom. The van der Waals surface area contributed by atoms with Crippen LogP contribution in [0.1, 0.15) is 31.2 Å². The number of anilines is 1. The number of rotatable bonds is 2. The number of hydrogen-bond donors (Lipinski definition) is 1. The number of nitrogens with zero attached hydrogens (tertiary/aromatic N) is 2. The normalized spacial score (nSPS) is 30.7. The number of halogens is 3. The number of fused-ring (bicyclic) bond motifs is 4. The number of benzene rings is 2. The van der Waals surface area contributed by atoms with Gasteiger partial charge in [0.25, 0.3) is 0 Å². The minimum Gasteiger partial charge on any atom is -0.508 e. The highest BCUT2D eigenvalue weighted by Crippen LogP contribution is 2.64. The van der Waals surface area contributed by atoms with Crippen molar-refractivity contribution in [1.29, 1.82) is 0 Å². The van der Waals surface area contributed by atoms with Gasteiger partial charge in [-0.25, -0.2) is 14.1 Å². The summed E-state index contributed by atoms with van der Waals surface area (Å²) in [7, 11) is 1.08. The van der Waals surface area contributed by atoms with Crippen LogP contribution in [0.15, 0.2) is 52.5 Å². The number of phenols is 1. The maximum Gasteiger partial charge on any atom is 0.423 e. The Balaban J connectivity index is 1.54. The summed E-state index contributed by atoms with van der Waals surface area (Å²) in [4.78, 5) is 68.9. The molecule has 2 saturated heterocycles. The number of amides is 5. The average Bonchev–Trinajstić information content (AvgIpc) is 3.31. The van der Waals surface area contributed by atoms with Crippen LogP contribution >= 0.6 is 27.5 Å². The lowest BCUT2D eigenvalue weighted by atomic mass is 9.51. The van der Waals surface area contributed by atoms with Gasteiger partial charge in [-0.05, 0) is 62.1 Å². The van der Waals surface area contributed by atoms with Crippen molar-refractivity contribution in [1.82, 2.24) is 4.90 Å². The fourth-order valence-corrected chi connectivity index (χ4v) is 7.81. The van der Waals surface area contributed by atoms with E-state index in [2.05, 4.69) is 20.7 Å². The summed E-state index contributed by atoms with van der Waals surface area (Å²) in [6.07, 6.45) is 0.877. The van der Waals surface area contributed by atoms with Crippen LogP contribution in [0.5, 0.6) is 5.75 Å². The molecule has 4 aliphatic rings. The maximum atomic E-state index is 14.3. The largest absolute Gasteiger partial charge is 0.508 e. The number of hydrogen-bond acceptors (Lipinski definition) is 7. The van der Waals surface area contributed by atoms with Gasteiger partial charge in [-0.3, -0.25) is 19.2 Å². The number of likely N-dealkylation sites (tertiary alicyclic amines) is 1. The second kappa shape index (κ2) is 9.49. The molecule has 0 bridgehead atoms. The Hall–Kier alpha value is -3.57. The molecule has 5 amide bonds. The van der Waals surface area contributed by atoms with Crippen LogP contribution in [0.25, 0.3) is 0 Å². The third kappa shape index (κ3) is 3.74. The highest BCUT2D eigenvalue weighted by Gasteiger charge is 2.68. The summed E-state index contributed by atoms with van der Waals surface area (Å²) < 4.78 is 19.3. The fraction of sp³-hybridized carbons (Fsp3) is 0.345. The molecule has 6 rings (SSSR count). The van der Waals surface area contributed by atoms with Gasteiger partial charge >= 0.3 is 6.09 Å². The number of carbonyl (C=O) groups excluding carboxylic acids is 5. The van der Waals surface area contributed by atoms with Crippen molar-refractivity contribution >= 4 is 62.9 Å². The van der Waals surface area contributed by atoms with E-state index in [1.54, 1.807) is 25.1 Å². The van der Waals surface area contributed by atoms with Gasteiger partial charge in [-0.1, -0.05) is 39.2 Å². The number of methoxy groups -OCH3 is 1. The van der Waals surface area contributed by atoms with Crippen LogP contribution in [-0.4, -0.2) is 46.8 Å². The van der Waals surface area contributed by atoms with E-state index in [4.69, 9.17) is 11.6 Å². The number of allylic oxidation sites excluding steroid dienone is 2. The average molecular weight is 646 g/mol. The van der Waals surface area contributed by atoms with E-state index in [1.165, 1.54) is 18.2 Å². The molecule has 2 aromatic rings. The predicted molar refractivity (Wildman–Crippen MR) is 146 cm³/mol. The van der Waals surface area contributed by atoms with Gasteiger partial charge in [0, 0.05) is 16.0 Å². The van der Waals surface area contributed by atoms with Crippen LogP contribution < -0.4 is 4.90 Å². The van der Waals surface area contributed by atoms with Crippen molar-refractivity contribution in [3.8, 4) is 5.75 Å². The van der Waals surface area contributed by atoms with Gasteiger partial charge in [-0.15, -0.1) is 0 Å². The molecule has 2 heterocycles. The second-order valence-corrected chi connectivity index (χ2v) is 12.3. The molecule has 2 aromatic carbocycles. The van der Waals surface area contributed by atoms with Crippen LogP contribution in [0.2, 0.25) is 5.02 Å². The standard InChI is InChI=1S/C29H23BrClFN2O7/c1-29-18(25(37)33(27(29)39)13-4-7-20(32)19(31)10-13)11-16-14(23(29)17-9-12(30)3-8-21(17)35)5-6-15-22(16)26(38)34(24(15)36)28(40)41-2/h3-5,7-10,15-16,18,22-23,35H,6,11H2,1-2H3. The van der Waals surface area contributed by atoms with Gasteiger partial charge in [0.05, 0.1) is 41.0 Å². The molecule has 9 nitrogen and oxygen atoms in total. The molecule has 2 aliphatic heterocycles. The van der Waals surface area contributed by atoms with Crippen molar-refractivity contribution in [2.24, 2.45) is 29.1 Å². The quantitative estimate of drug-likeness (QED) is 0.363. The highest BCUT2D eigenvalue weighted by molar-refractivity contribution is 9.10. The molecule has 3 fully saturated rings. The van der Waals surface area contributed by atoms with E-state index in [1.807, 2.05) is 0 Å². The molecule has 41 heavy (non-hydrogen) atoms. The maximum absolute atomic E-state index is 14.3. The van der Waals surface area contributed by atoms with Crippen molar-refractivity contribution < 1.29 is 38.2 Å². The third-order valence-corrected chi connectivity index (χ3v) is 9.88. The first-order valence-corrected chi connectivity index (χ1v) is 14.1. The molecule has 12 heteroatoms. The smallest absolute Gasteiger partial charge is 0.423 e. The molecule has 6 unspecified atom stereocenters. The van der Waals surface area contributed by atoms with Gasteiger partial charge in [0.15, 0.2) is 0 Å². The summed E-state index contributed by atoms with van der Waals surface area (Å²) in [5, 5.41) is 10.8. The molecule has 0 aromatic heterocycles. The Morgan fingerprint density at radius 1 is 1.10 bits per heavy atom. The minimum absolute atomic E-state index is 0.0405. The zero-order chi connectivity index (χ0) is 29.5. The first-order chi connectivity index (χ1) is 19.4. The number of phenolic OH excluding ortho intramolecular Hbond substituents is 1. The van der Waals surface area contributed by atoms with Crippen LogP contribution in [0, 0.1) is 34.9 Å². The summed E-state index contributed by atoms with van der Waals surface area (Å²) in [6, 6.07) is 8.32. The zero-order valence-electron chi connectivity index (χ0n) is 21.8. The van der Waals surface area contributed by atoms with E-state index in [0.717, 1.165) is 18.1 Å². The van der Waals surface area contributed by atoms with Crippen LogP contribution in [-0.2, 0) is 23.9 Å². The van der Waals surface area contributed by atoms with E-state index in [9.17, 15) is 33.5 Å². The molecule has 6 atom stereocenters. The molecular formula is C29H23BrClFN2O7. The minimum atomic E-state index is -1.42. The molecule has 0 radical (unpaired) electrons. The lowest BCUT2D eigenvalue weighted by molar-refractivity contribution is -0.138. The van der Waals surface area contributed by atoms with E-state index < -0.39 is 70.5 Å². The van der Waals surface area contributed by atoms with Crippen molar-refractivity contribution in [3.63, 3.8) is 0 Å². The van der Waals surface area contributed by atoms with Crippen molar-refractivity contribution in [3.05, 3.63) is 68.9 Å². The molecule has 1 N–H and O–H groups in total. The first kappa shape index (κ1) is 27.6. The molecule has 0 spiro atoms. The van der Waals surface area contributed by atoms with Gasteiger partial charge < -0.3 is 9.84 Å². The monoisotopic (exact) mass is 644 g/mol. The molecule has 1 saturated carbocycles. The van der Waals surface area contributed by atoms with Crippen molar-refractivity contribution in [2.75, 3.05) is 12.0 Å². The van der Waals surface area contributed by atoms with Crippen molar-refractivity contribution in [2.45, 2.75) is 25.7 Å². The first-order valence-electron chi connectivity index (χ1n) is 12.9. The Morgan fingerprint density at radius 3 is 2.51 bits per heavy atom. The van der Waals surface area contributed by atoms with E-state index in [0.29, 0.717) is 20.5 Å². The number of ether oxygens (including phenoxy) is 1. The van der Waals surface area contributed by atoms with Crippen LogP contribution in [0.3, 0.4) is 0 Å². The van der Waals surface area contributed by atoms with Gasteiger partial charge in [-0.2, -0.15) is 4.90 Å². The van der Waals surface area contributed by atoms with Crippen LogP contribution in [0.4, 0.5) is 14.9 Å². The topological polar surface area (TPSA) is 121 Å². The number of carbonyl (C=O) groups is 5. The SMILES string of the molecule is COC(=O)N1C(=O)C2CC=C3C(CC4C(=O)N(c5ccc(F)c(Cl)c5)C(=O)C4(C)C3c3cc(Br)ccc3O)C2C1=O. The zero-order valence-corrected chi connectivity index (χ0v) is 24.1. The fourth-order valence-electron chi connectivity index (χ4n) is 7.26. The predicted octanol–water partition coefficient (Wildman–Crippen LogP) is 4.94. The Kier molecular flexibility index (Phi) is 6.38.